The van der Waals surface area contributed by atoms with Crippen LogP contribution in [0.3, 0.4) is 0 Å². The van der Waals surface area contributed by atoms with Crippen LogP contribution < -0.4 is 4.80 Å². The molecule has 0 spiro atoms. The third kappa shape index (κ3) is 1.71. The average Bonchev–Trinajstić information content (AvgIpc) is 2.47. The van der Waals surface area contributed by atoms with Crippen LogP contribution in [0, 0.1) is 12.3 Å². The molecule has 5 heteroatoms. The minimum Gasteiger partial charge on any atom is -0.291 e. The molecule has 0 radical (unpaired) electrons. The fourth-order valence-corrected chi connectivity index (χ4v) is 2.00. The van der Waals surface area contributed by atoms with Crippen LogP contribution in [0.4, 0.5) is 0 Å². The Morgan fingerprint density at radius 2 is 2.29 bits per heavy atom. The smallest absolute Gasteiger partial charge is 0.186 e. The van der Waals surface area contributed by atoms with Crippen molar-refractivity contribution in [2.24, 2.45) is 0 Å². The quantitative estimate of drug-likeness (QED) is 0.744. The van der Waals surface area contributed by atoms with Crippen LogP contribution >= 0.6 is 22.9 Å². The van der Waals surface area contributed by atoms with E-state index in [1.54, 1.807) is 16.8 Å². The minimum absolute atomic E-state index is 0.466. The molecule has 0 fully saturated rings. The van der Waals surface area contributed by atoms with Crippen molar-refractivity contribution in [2.75, 3.05) is 0 Å². The summed E-state index contributed by atoms with van der Waals surface area (Å²) in [4.78, 5) is 5.57. The van der Waals surface area contributed by atoms with Gasteiger partial charge in [0.05, 0.1) is 11.9 Å². The summed E-state index contributed by atoms with van der Waals surface area (Å²) in [6.07, 6.45) is 3.57. The van der Waals surface area contributed by atoms with Crippen LogP contribution in [0.25, 0.3) is 5.69 Å². The molecule has 0 unspecified atom stereocenters. The van der Waals surface area contributed by atoms with Crippen molar-refractivity contribution in [1.82, 2.24) is 9.55 Å². The number of pyridine rings is 1. The van der Waals surface area contributed by atoms with Gasteiger partial charge >= 0.3 is 0 Å². The van der Waals surface area contributed by atoms with E-state index in [9.17, 15) is 0 Å². The molecular formula is C9H8ClN3S. The second-order valence-electron chi connectivity index (χ2n) is 2.86. The zero-order valence-electron chi connectivity index (χ0n) is 7.49. The maximum atomic E-state index is 7.70. The van der Waals surface area contributed by atoms with Crippen molar-refractivity contribution in [2.45, 2.75) is 6.92 Å². The molecule has 1 N–H and O–H groups in total. The molecule has 0 atom stereocenters. The number of halogens is 1. The standard InChI is InChI=1S/C9H8ClN3S/c1-6-5-13(9(11)14-6)7-2-3-8(10)12-4-7/h2-5,11H,1H3. The van der Waals surface area contributed by atoms with E-state index in [2.05, 4.69) is 4.98 Å². The first-order chi connectivity index (χ1) is 6.66. The summed E-state index contributed by atoms with van der Waals surface area (Å²) < 4.78 is 1.78. The van der Waals surface area contributed by atoms with E-state index in [1.807, 2.05) is 19.2 Å². The highest BCUT2D eigenvalue weighted by Gasteiger charge is 2.00. The maximum absolute atomic E-state index is 7.70. The minimum atomic E-state index is 0.466. The van der Waals surface area contributed by atoms with Crippen LogP contribution in [-0.2, 0) is 0 Å². The summed E-state index contributed by atoms with van der Waals surface area (Å²) in [6.45, 7) is 1.97. The van der Waals surface area contributed by atoms with E-state index >= 15 is 0 Å². The molecule has 0 aliphatic carbocycles. The topological polar surface area (TPSA) is 41.7 Å². The van der Waals surface area contributed by atoms with Gasteiger partial charge in [0, 0.05) is 11.1 Å². The Kier molecular flexibility index (Phi) is 2.39. The Hall–Kier alpha value is -1.13. The number of aryl methyl sites for hydroxylation is 1. The zero-order valence-corrected chi connectivity index (χ0v) is 9.06. The van der Waals surface area contributed by atoms with Crippen molar-refractivity contribution in [1.29, 1.82) is 5.41 Å². The molecule has 72 valence electrons. The molecule has 0 saturated carbocycles. The lowest BCUT2D eigenvalue weighted by Gasteiger charge is -2.00. The Labute approximate surface area is 90.1 Å². The van der Waals surface area contributed by atoms with Crippen LogP contribution in [0.2, 0.25) is 5.15 Å². The monoisotopic (exact) mass is 225 g/mol. The number of aromatic nitrogens is 2. The highest BCUT2D eigenvalue weighted by molar-refractivity contribution is 7.09. The lowest BCUT2D eigenvalue weighted by atomic mass is 10.4. The predicted octanol–water partition coefficient (Wildman–Crippen LogP) is 2.38. The van der Waals surface area contributed by atoms with Crippen molar-refractivity contribution in [3.8, 4) is 5.69 Å². The van der Waals surface area contributed by atoms with E-state index in [0.717, 1.165) is 10.6 Å². The van der Waals surface area contributed by atoms with Crippen molar-refractivity contribution >= 4 is 22.9 Å². The molecule has 3 nitrogen and oxygen atoms in total. The van der Waals surface area contributed by atoms with Gasteiger partial charge in [-0.25, -0.2) is 4.98 Å². The number of nitrogens with one attached hydrogen (secondary N) is 1. The normalized spacial score (nSPS) is 10.4. The lowest BCUT2D eigenvalue weighted by Crippen LogP contribution is -2.09. The summed E-state index contributed by atoms with van der Waals surface area (Å²) in [5.74, 6) is 0. The molecule has 2 aromatic heterocycles. The van der Waals surface area contributed by atoms with Gasteiger partial charge in [-0.1, -0.05) is 11.6 Å². The van der Waals surface area contributed by atoms with Gasteiger partial charge in [-0.3, -0.25) is 9.98 Å². The fraction of sp³-hybridized carbons (Fsp3) is 0.111. The Morgan fingerprint density at radius 1 is 1.50 bits per heavy atom. The molecular weight excluding hydrogens is 218 g/mol. The van der Waals surface area contributed by atoms with Gasteiger partial charge in [0.15, 0.2) is 4.80 Å². The van der Waals surface area contributed by atoms with E-state index in [1.165, 1.54) is 11.3 Å². The molecule has 0 saturated heterocycles. The van der Waals surface area contributed by atoms with Crippen molar-refractivity contribution in [3.05, 3.63) is 39.4 Å². The number of nitrogens with zero attached hydrogens (tertiary/aromatic N) is 2. The van der Waals surface area contributed by atoms with Crippen LogP contribution in [0.5, 0.6) is 0 Å². The zero-order chi connectivity index (χ0) is 10.1. The summed E-state index contributed by atoms with van der Waals surface area (Å²) >= 11 is 7.12. The first-order valence-electron chi connectivity index (χ1n) is 4.02. The molecule has 0 amide bonds. The third-order valence-corrected chi connectivity index (χ3v) is 2.82. The Balaban J connectivity index is 2.54. The fourth-order valence-electron chi connectivity index (χ4n) is 1.17. The van der Waals surface area contributed by atoms with E-state index in [-0.39, 0.29) is 0 Å². The largest absolute Gasteiger partial charge is 0.291 e. The second kappa shape index (κ2) is 3.55. The molecule has 0 aliphatic heterocycles. The Morgan fingerprint density at radius 3 is 2.79 bits per heavy atom. The highest BCUT2D eigenvalue weighted by Crippen LogP contribution is 2.10. The molecule has 14 heavy (non-hydrogen) atoms. The van der Waals surface area contributed by atoms with E-state index in [0.29, 0.717) is 9.95 Å². The molecule has 2 rings (SSSR count). The Bertz CT molecular complexity index is 498. The van der Waals surface area contributed by atoms with Gasteiger partial charge in [-0.05, 0) is 19.1 Å². The van der Waals surface area contributed by atoms with E-state index < -0.39 is 0 Å². The van der Waals surface area contributed by atoms with Crippen molar-refractivity contribution in [3.63, 3.8) is 0 Å². The first kappa shape index (κ1) is 9.43. The van der Waals surface area contributed by atoms with E-state index in [4.69, 9.17) is 17.0 Å². The number of thiazole rings is 1. The average molecular weight is 226 g/mol. The highest BCUT2D eigenvalue weighted by atomic mass is 35.5. The van der Waals surface area contributed by atoms with Gasteiger partial charge in [0.25, 0.3) is 0 Å². The van der Waals surface area contributed by atoms with Gasteiger partial charge in [-0.15, -0.1) is 11.3 Å². The SMILES string of the molecule is Cc1cn(-c2ccc(Cl)nc2)c(=N)s1. The first-order valence-corrected chi connectivity index (χ1v) is 5.22. The summed E-state index contributed by atoms with van der Waals surface area (Å²) in [7, 11) is 0. The summed E-state index contributed by atoms with van der Waals surface area (Å²) in [6, 6.07) is 3.57. The molecule has 2 aromatic rings. The van der Waals surface area contributed by atoms with Crippen LogP contribution in [0.15, 0.2) is 24.5 Å². The number of hydrogen-bond donors (Lipinski definition) is 1. The second-order valence-corrected chi connectivity index (χ2v) is 4.48. The number of rotatable bonds is 1. The van der Waals surface area contributed by atoms with Crippen LogP contribution in [0.1, 0.15) is 4.88 Å². The maximum Gasteiger partial charge on any atom is 0.186 e. The molecule has 0 aromatic carbocycles. The summed E-state index contributed by atoms with van der Waals surface area (Å²) in [5, 5.41) is 8.17. The predicted molar refractivity (Wildman–Crippen MR) is 57.0 cm³/mol. The molecule has 0 aliphatic rings. The molecule has 2 heterocycles. The third-order valence-electron chi connectivity index (χ3n) is 1.78. The number of hydrogen-bond acceptors (Lipinski definition) is 3. The summed E-state index contributed by atoms with van der Waals surface area (Å²) in [5.41, 5.74) is 0.865. The lowest BCUT2D eigenvalue weighted by molar-refractivity contribution is 0.965. The van der Waals surface area contributed by atoms with Crippen LogP contribution in [-0.4, -0.2) is 9.55 Å². The van der Waals surface area contributed by atoms with Crippen molar-refractivity contribution < 1.29 is 0 Å². The van der Waals surface area contributed by atoms with Gasteiger partial charge in [0.2, 0.25) is 0 Å². The van der Waals surface area contributed by atoms with Gasteiger partial charge < -0.3 is 0 Å². The van der Waals surface area contributed by atoms with Gasteiger partial charge in [-0.2, -0.15) is 0 Å². The molecule has 0 bridgehead atoms. The van der Waals surface area contributed by atoms with Gasteiger partial charge in [0.1, 0.15) is 5.15 Å².